The zero-order valence-corrected chi connectivity index (χ0v) is 6.98. The van der Waals surface area contributed by atoms with Crippen molar-refractivity contribution in [1.29, 1.82) is 0 Å². The Balaban J connectivity index is 2.35. The molecular formula is C6H8N6O. The molecule has 0 aromatic carbocycles. The fourth-order valence-electron chi connectivity index (χ4n) is 0.864. The van der Waals surface area contributed by atoms with Gasteiger partial charge in [0, 0.05) is 6.42 Å². The van der Waals surface area contributed by atoms with Crippen molar-refractivity contribution in [1.82, 2.24) is 25.3 Å². The van der Waals surface area contributed by atoms with Gasteiger partial charge in [0.05, 0.1) is 0 Å². The van der Waals surface area contributed by atoms with Crippen LogP contribution in [0.1, 0.15) is 12.7 Å². The van der Waals surface area contributed by atoms with E-state index in [1.165, 1.54) is 0 Å². The number of H-pyrrole nitrogens is 1. The summed E-state index contributed by atoms with van der Waals surface area (Å²) in [5.74, 6) is 1.49. The van der Waals surface area contributed by atoms with E-state index in [9.17, 15) is 0 Å². The van der Waals surface area contributed by atoms with E-state index in [2.05, 4.69) is 25.3 Å². The van der Waals surface area contributed by atoms with Crippen molar-refractivity contribution in [2.24, 2.45) is 0 Å². The Morgan fingerprint density at radius 1 is 1.46 bits per heavy atom. The third kappa shape index (κ3) is 1.35. The monoisotopic (exact) mass is 180 g/mol. The fourth-order valence-corrected chi connectivity index (χ4v) is 0.864. The summed E-state index contributed by atoms with van der Waals surface area (Å²) in [6.07, 6.45) is 0.715. The minimum absolute atomic E-state index is 0.159. The number of anilines is 1. The Labute approximate surface area is 73.4 Å². The summed E-state index contributed by atoms with van der Waals surface area (Å²) in [6, 6.07) is 0. The maximum atomic E-state index is 5.31. The van der Waals surface area contributed by atoms with E-state index in [4.69, 9.17) is 10.3 Å². The Kier molecular flexibility index (Phi) is 1.69. The summed E-state index contributed by atoms with van der Waals surface area (Å²) in [5.41, 5.74) is 5.31. The van der Waals surface area contributed by atoms with Crippen LogP contribution in [0.5, 0.6) is 0 Å². The molecule has 0 aliphatic carbocycles. The molecule has 0 aliphatic rings. The second kappa shape index (κ2) is 2.85. The third-order valence-electron chi connectivity index (χ3n) is 1.49. The molecule has 7 nitrogen and oxygen atoms in total. The molecular weight excluding hydrogens is 172 g/mol. The van der Waals surface area contributed by atoms with E-state index in [1.807, 2.05) is 6.92 Å². The van der Waals surface area contributed by atoms with E-state index in [0.29, 0.717) is 24.0 Å². The molecule has 0 spiro atoms. The van der Waals surface area contributed by atoms with Gasteiger partial charge in [0.25, 0.3) is 5.89 Å². The highest BCUT2D eigenvalue weighted by atomic mass is 16.5. The van der Waals surface area contributed by atoms with Crippen LogP contribution in [0.25, 0.3) is 11.7 Å². The predicted octanol–water partition coefficient (Wildman–Crippen LogP) is -0.000700. The summed E-state index contributed by atoms with van der Waals surface area (Å²) in [4.78, 5) is 7.89. The first-order chi connectivity index (χ1) is 6.29. The molecule has 0 atom stereocenters. The van der Waals surface area contributed by atoms with Crippen molar-refractivity contribution < 1.29 is 4.52 Å². The number of aromatic nitrogens is 5. The summed E-state index contributed by atoms with van der Waals surface area (Å²) in [6.45, 7) is 1.93. The Morgan fingerprint density at radius 3 is 2.85 bits per heavy atom. The number of nitrogens with zero attached hydrogens (tertiary/aromatic N) is 4. The van der Waals surface area contributed by atoms with Crippen LogP contribution in [0.3, 0.4) is 0 Å². The number of hydrogen-bond acceptors (Lipinski definition) is 6. The van der Waals surface area contributed by atoms with E-state index in [-0.39, 0.29) is 5.95 Å². The van der Waals surface area contributed by atoms with Gasteiger partial charge in [-0.3, -0.25) is 5.10 Å². The number of rotatable bonds is 2. The molecule has 0 bridgehead atoms. The molecule has 0 unspecified atom stereocenters. The van der Waals surface area contributed by atoms with Gasteiger partial charge in [0.2, 0.25) is 11.8 Å². The second-order valence-corrected chi connectivity index (χ2v) is 2.41. The minimum Gasteiger partial charge on any atom is -0.366 e. The van der Waals surface area contributed by atoms with E-state index >= 15 is 0 Å². The summed E-state index contributed by atoms with van der Waals surface area (Å²) in [5, 5.41) is 9.92. The lowest BCUT2D eigenvalue weighted by atomic mass is 10.5. The molecule has 2 aromatic heterocycles. The molecule has 0 fully saturated rings. The lowest BCUT2D eigenvalue weighted by Crippen LogP contribution is -1.86. The first kappa shape index (κ1) is 7.71. The van der Waals surface area contributed by atoms with Gasteiger partial charge in [0.1, 0.15) is 0 Å². The zero-order valence-electron chi connectivity index (χ0n) is 6.98. The van der Waals surface area contributed by atoms with Crippen LogP contribution in [0.2, 0.25) is 0 Å². The first-order valence-electron chi connectivity index (χ1n) is 3.80. The Hall–Kier alpha value is -1.92. The van der Waals surface area contributed by atoms with Crippen LogP contribution in [0, 0.1) is 0 Å². The lowest BCUT2D eigenvalue weighted by Gasteiger charge is -1.80. The fraction of sp³-hybridized carbons (Fsp3) is 0.333. The molecule has 2 rings (SSSR count). The van der Waals surface area contributed by atoms with Crippen LogP contribution >= 0.6 is 0 Å². The lowest BCUT2D eigenvalue weighted by molar-refractivity contribution is 0.421. The molecule has 0 radical (unpaired) electrons. The van der Waals surface area contributed by atoms with Crippen LogP contribution in [-0.4, -0.2) is 25.3 Å². The number of nitrogens with two attached hydrogens (primary N) is 1. The molecule has 68 valence electrons. The highest BCUT2D eigenvalue weighted by molar-refractivity contribution is 5.41. The highest BCUT2D eigenvalue weighted by Crippen LogP contribution is 2.11. The normalized spacial score (nSPS) is 10.5. The average Bonchev–Trinajstić information content (AvgIpc) is 2.71. The molecule has 2 heterocycles. The molecule has 7 heteroatoms. The van der Waals surface area contributed by atoms with Gasteiger partial charge >= 0.3 is 0 Å². The van der Waals surface area contributed by atoms with Crippen LogP contribution in [0.4, 0.5) is 5.95 Å². The van der Waals surface area contributed by atoms with Gasteiger partial charge in [-0.25, -0.2) is 0 Å². The van der Waals surface area contributed by atoms with Gasteiger partial charge in [-0.2, -0.15) is 9.97 Å². The quantitative estimate of drug-likeness (QED) is 0.673. The van der Waals surface area contributed by atoms with Crippen molar-refractivity contribution in [2.75, 3.05) is 5.73 Å². The molecule has 0 saturated carbocycles. The number of aromatic amines is 1. The number of nitrogens with one attached hydrogen (secondary N) is 1. The average molecular weight is 180 g/mol. The number of hydrogen-bond donors (Lipinski definition) is 2. The molecule has 0 saturated heterocycles. The van der Waals surface area contributed by atoms with Crippen molar-refractivity contribution in [2.45, 2.75) is 13.3 Å². The first-order valence-corrected chi connectivity index (χ1v) is 3.80. The highest BCUT2D eigenvalue weighted by Gasteiger charge is 2.11. The van der Waals surface area contributed by atoms with Gasteiger partial charge in [-0.15, -0.1) is 5.10 Å². The SMILES string of the molecule is CCc1noc(-c2nc(N)n[nH]2)n1. The molecule has 3 N–H and O–H groups in total. The van der Waals surface area contributed by atoms with Crippen molar-refractivity contribution in [3.63, 3.8) is 0 Å². The van der Waals surface area contributed by atoms with E-state index in [0.717, 1.165) is 0 Å². The molecule has 0 amide bonds. The Bertz CT molecular complexity index is 405. The maximum absolute atomic E-state index is 5.31. The van der Waals surface area contributed by atoms with Gasteiger partial charge in [-0.1, -0.05) is 12.1 Å². The second-order valence-electron chi connectivity index (χ2n) is 2.41. The van der Waals surface area contributed by atoms with Crippen LogP contribution in [0.15, 0.2) is 4.52 Å². The van der Waals surface area contributed by atoms with Gasteiger partial charge in [0.15, 0.2) is 5.82 Å². The van der Waals surface area contributed by atoms with Crippen LogP contribution < -0.4 is 5.73 Å². The maximum Gasteiger partial charge on any atom is 0.295 e. The van der Waals surface area contributed by atoms with Crippen molar-refractivity contribution >= 4 is 5.95 Å². The number of nitrogen functional groups attached to an aromatic ring is 1. The largest absolute Gasteiger partial charge is 0.366 e. The summed E-state index contributed by atoms with van der Waals surface area (Å²) >= 11 is 0. The zero-order chi connectivity index (χ0) is 9.26. The predicted molar refractivity (Wildman–Crippen MR) is 43.5 cm³/mol. The van der Waals surface area contributed by atoms with Gasteiger partial charge in [-0.05, 0) is 0 Å². The topological polar surface area (TPSA) is 107 Å². The summed E-state index contributed by atoms with van der Waals surface area (Å²) in [7, 11) is 0. The Morgan fingerprint density at radius 2 is 2.31 bits per heavy atom. The molecule has 0 aliphatic heterocycles. The van der Waals surface area contributed by atoms with Crippen LogP contribution in [-0.2, 0) is 6.42 Å². The van der Waals surface area contributed by atoms with Crippen molar-refractivity contribution in [3.05, 3.63) is 5.82 Å². The minimum atomic E-state index is 0.159. The van der Waals surface area contributed by atoms with Crippen molar-refractivity contribution in [3.8, 4) is 11.7 Å². The smallest absolute Gasteiger partial charge is 0.295 e. The third-order valence-corrected chi connectivity index (χ3v) is 1.49. The molecule has 2 aromatic rings. The number of aryl methyl sites for hydroxylation is 1. The van der Waals surface area contributed by atoms with E-state index in [1.54, 1.807) is 0 Å². The van der Waals surface area contributed by atoms with Gasteiger partial charge < -0.3 is 10.3 Å². The molecule has 13 heavy (non-hydrogen) atoms. The van der Waals surface area contributed by atoms with E-state index < -0.39 is 0 Å². The summed E-state index contributed by atoms with van der Waals surface area (Å²) < 4.78 is 4.90. The standard InChI is InChI=1S/C6H8N6O/c1-2-3-8-5(13-12-3)4-9-6(7)11-10-4/h2H2,1H3,(H3,7,9,10,11).